The molecular formula is C16H18ClFN2O. The maximum atomic E-state index is 13.9. The number of carbonyl (C=O) groups excluding carboxylic acids is 1. The Hall–Kier alpha value is -1.68. The van der Waals surface area contributed by atoms with Crippen molar-refractivity contribution in [1.82, 2.24) is 9.78 Å². The first-order chi connectivity index (χ1) is 9.97. The lowest BCUT2D eigenvalue weighted by Crippen LogP contribution is -2.09. The SMILES string of the molecule is CCc1nn(Cc2ccc(Cl)cc2F)c(CC)c1C(C)=O. The van der Waals surface area contributed by atoms with Gasteiger partial charge in [-0.3, -0.25) is 9.48 Å². The Kier molecular flexibility index (Phi) is 4.78. The van der Waals surface area contributed by atoms with Crippen LogP contribution in [0, 0.1) is 5.82 Å². The van der Waals surface area contributed by atoms with Gasteiger partial charge in [-0.15, -0.1) is 0 Å². The molecule has 0 bridgehead atoms. The molecular weight excluding hydrogens is 291 g/mol. The van der Waals surface area contributed by atoms with E-state index in [0.717, 1.165) is 11.4 Å². The number of Topliss-reactive ketones (excluding diaryl/α,β-unsaturated/α-hetero) is 1. The van der Waals surface area contributed by atoms with Crippen LogP contribution >= 0.6 is 11.6 Å². The van der Waals surface area contributed by atoms with Gasteiger partial charge in [0.1, 0.15) is 5.82 Å². The van der Waals surface area contributed by atoms with Crippen LogP contribution in [-0.4, -0.2) is 15.6 Å². The smallest absolute Gasteiger partial charge is 0.163 e. The van der Waals surface area contributed by atoms with Gasteiger partial charge in [0.05, 0.1) is 17.8 Å². The lowest BCUT2D eigenvalue weighted by molar-refractivity contribution is 0.101. The van der Waals surface area contributed by atoms with E-state index in [2.05, 4.69) is 5.10 Å². The molecule has 112 valence electrons. The van der Waals surface area contributed by atoms with Crippen LogP contribution in [-0.2, 0) is 19.4 Å². The van der Waals surface area contributed by atoms with E-state index in [9.17, 15) is 9.18 Å². The third-order valence-electron chi connectivity index (χ3n) is 3.49. The summed E-state index contributed by atoms with van der Waals surface area (Å²) in [4.78, 5) is 11.8. The van der Waals surface area contributed by atoms with E-state index >= 15 is 0 Å². The molecule has 1 aromatic heterocycles. The standard InChI is InChI=1S/C16H18ClFN2O/c1-4-14-16(10(3)21)15(5-2)20(19-14)9-11-6-7-12(17)8-13(11)18/h6-8H,4-5,9H2,1-3H3. The topological polar surface area (TPSA) is 34.9 Å². The largest absolute Gasteiger partial charge is 0.294 e. The predicted molar refractivity (Wildman–Crippen MR) is 81.5 cm³/mol. The van der Waals surface area contributed by atoms with E-state index in [0.29, 0.717) is 35.5 Å². The van der Waals surface area contributed by atoms with Crippen LogP contribution in [0.5, 0.6) is 0 Å². The van der Waals surface area contributed by atoms with E-state index in [4.69, 9.17) is 11.6 Å². The first-order valence-corrected chi connectivity index (χ1v) is 7.39. The zero-order chi connectivity index (χ0) is 15.6. The molecule has 1 heterocycles. The summed E-state index contributed by atoms with van der Waals surface area (Å²) in [6, 6.07) is 4.60. The van der Waals surface area contributed by atoms with Gasteiger partial charge in [-0.05, 0) is 31.9 Å². The number of hydrogen-bond donors (Lipinski definition) is 0. The minimum absolute atomic E-state index is 0.00604. The van der Waals surface area contributed by atoms with Gasteiger partial charge in [0.2, 0.25) is 0 Å². The van der Waals surface area contributed by atoms with E-state index in [1.807, 2.05) is 13.8 Å². The molecule has 0 radical (unpaired) electrons. The highest BCUT2D eigenvalue weighted by atomic mass is 35.5. The van der Waals surface area contributed by atoms with Crippen molar-refractivity contribution in [3.05, 3.63) is 51.6 Å². The second kappa shape index (κ2) is 6.39. The van der Waals surface area contributed by atoms with E-state index in [1.165, 1.54) is 6.07 Å². The predicted octanol–water partition coefficient (Wildman–Crippen LogP) is 4.05. The summed E-state index contributed by atoms with van der Waals surface area (Å²) in [5.41, 5.74) is 2.81. The molecule has 5 heteroatoms. The second-order valence-electron chi connectivity index (χ2n) is 4.93. The van der Waals surface area contributed by atoms with E-state index in [-0.39, 0.29) is 11.6 Å². The average Bonchev–Trinajstić information content (AvgIpc) is 2.79. The number of aromatic nitrogens is 2. The fraction of sp³-hybridized carbons (Fsp3) is 0.375. The molecule has 0 aliphatic rings. The number of rotatable bonds is 5. The summed E-state index contributed by atoms with van der Waals surface area (Å²) in [5, 5.41) is 4.84. The lowest BCUT2D eigenvalue weighted by Gasteiger charge is -2.08. The number of aryl methyl sites for hydroxylation is 1. The van der Waals surface area contributed by atoms with Gasteiger partial charge < -0.3 is 0 Å². The number of hydrogen-bond acceptors (Lipinski definition) is 2. The van der Waals surface area contributed by atoms with Crippen molar-refractivity contribution in [2.24, 2.45) is 0 Å². The fourth-order valence-corrected chi connectivity index (χ4v) is 2.67. The van der Waals surface area contributed by atoms with Gasteiger partial charge in [-0.2, -0.15) is 5.10 Å². The summed E-state index contributed by atoms with van der Waals surface area (Å²) < 4.78 is 15.7. The molecule has 0 spiro atoms. The third-order valence-corrected chi connectivity index (χ3v) is 3.72. The highest BCUT2D eigenvalue weighted by molar-refractivity contribution is 6.30. The first-order valence-electron chi connectivity index (χ1n) is 7.01. The van der Waals surface area contributed by atoms with Crippen molar-refractivity contribution < 1.29 is 9.18 Å². The maximum absolute atomic E-state index is 13.9. The fourth-order valence-electron chi connectivity index (χ4n) is 2.51. The van der Waals surface area contributed by atoms with Crippen molar-refractivity contribution in [3.8, 4) is 0 Å². The van der Waals surface area contributed by atoms with E-state index < -0.39 is 0 Å². The molecule has 3 nitrogen and oxygen atoms in total. The minimum atomic E-state index is -0.359. The lowest BCUT2D eigenvalue weighted by atomic mass is 10.1. The van der Waals surface area contributed by atoms with Crippen molar-refractivity contribution in [2.45, 2.75) is 40.2 Å². The Bertz CT molecular complexity index is 679. The average molecular weight is 309 g/mol. The number of benzene rings is 1. The highest BCUT2D eigenvalue weighted by Gasteiger charge is 2.19. The molecule has 0 aliphatic carbocycles. The van der Waals surface area contributed by atoms with Gasteiger partial charge in [-0.1, -0.05) is 31.5 Å². The van der Waals surface area contributed by atoms with Crippen LogP contribution in [0.1, 0.15) is 48.1 Å². The zero-order valence-electron chi connectivity index (χ0n) is 12.4. The van der Waals surface area contributed by atoms with Crippen LogP contribution in [0.3, 0.4) is 0 Å². The Morgan fingerprint density at radius 3 is 2.57 bits per heavy atom. The molecule has 0 fully saturated rings. The highest BCUT2D eigenvalue weighted by Crippen LogP contribution is 2.20. The minimum Gasteiger partial charge on any atom is -0.294 e. The molecule has 0 saturated carbocycles. The number of halogens is 2. The van der Waals surface area contributed by atoms with Gasteiger partial charge >= 0.3 is 0 Å². The van der Waals surface area contributed by atoms with Crippen LogP contribution in [0.25, 0.3) is 0 Å². The van der Waals surface area contributed by atoms with Crippen molar-refractivity contribution >= 4 is 17.4 Å². The molecule has 2 aromatic rings. The second-order valence-corrected chi connectivity index (χ2v) is 5.36. The number of nitrogens with zero attached hydrogens (tertiary/aromatic N) is 2. The number of carbonyl (C=O) groups is 1. The molecule has 0 amide bonds. The molecule has 1 aromatic carbocycles. The van der Waals surface area contributed by atoms with Gasteiger partial charge in [-0.25, -0.2) is 4.39 Å². The molecule has 21 heavy (non-hydrogen) atoms. The summed E-state index contributed by atoms with van der Waals surface area (Å²) >= 11 is 5.76. The molecule has 2 rings (SSSR count). The Morgan fingerprint density at radius 1 is 1.33 bits per heavy atom. The van der Waals surface area contributed by atoms with Crippen LogP contribution in [0.2, 0.25) is 5.02 Å². The Balaban J connectivity index is 2.46. The Labute approximate surface area is 128 Å². The third kappa shape index (κ3) is 3.16. The first kappa shape index (κ1) is 15.7. The van der Waals surface area contributed by atoms with Crippen LogP contribution in [0.15, 0.2) is 18.2 Å². The Morgan fingerprint density at radius 2 is 2.05 bits per heavy atom. The molecule has 0 N–H and O–H groups in total. The van der Waals surface area contributed by atoms with Gasteiger partial charge in [0.25, 0.3) is 0 Å². The molecule has 0 saturated heterocycles. The molecule has 0 unspecified atom stereocenters. The quantitative estimate of drug-likeness (QED) is 0.781. The van der Waals surface area contributed by atoms with Crippen molar-refractivity contribution in [3.63, 3.8) is 0 Å². The summed E-state index contributed by atoms with van der Waals surface area (Å²) in [5.74, 6) is -0.353. The normalized spacial score (nSPS) is 10.9. The zero-order valence-corrected chi connectivity index (χ0v) is 13.2. The maximum Gasteiger partial charge on any atom is 0.163 e. The van der Waals surface area contributed by atoms with Crippen LogP contribution in [0.4, 0.5) is 4.39 Å². The summed E-state index contributed by atoms with van der Waals surface area (Å²) in [6.45, 7) is 5.77. The van der Waals surface area contributed by atoms with Gasteiger partial charge in [0, 0.05) is 16.3 Å². The van der Waals surface area contributed by atoms with Crippen molar-refractivity contribution in [1.29, 1.82) is 0 Å². The molecule has 0 aliphatic heterocycles. The number of ketones is 1. The summed E-state index contributed by atoms with van der Waals surface area (Å²) in [7, 11) is 0. The van der Waals surface area contributed by atoms with E-state index in [1.54, 1.807) is 23.7 Å². The van der Waals surface area contributed by atoms with Crippen molar-refractivity contribution in [2.75, 3.05) is 0 Å². The van der Waals surface area contributed by atoms with Crippen LogP contribution < -0.4 is 0 Å². The van der Waals surface area contributed by atoms with Gasteiger partial charge in [0.15, 0.2) is 5.78 Å². The summed E-state index contributed by atoms with van der Waals surface area (Å²) in [6.07, 6.45) is 1.36. The monoisotopic (exact) mass is 308 g/mol. The molecule has 0 atom stereocenters.